The molecule has 5 nitrogen and oxygen atoms in total. The van der Waals surface area contributed by atoms with Crippen LogP contribution in [0, 0.1) is 0 Å². The molecule has 0 aliphatic rings. The van der Waals surface area contributed by atoms with E-state index in [1.165, 1.54) is 5.56 Å². The van der Waals surface area contributed by atoms with E-state index in [1.54, 1.807) is 13.0 Å². The van der Waals surface area contributed by atoms with Crippen LogP contribution in [0.5, 0.6) is 0 Å². The number of aliphatic hydroxyl groups excluding tert-OH is 1. The molecule has 22 heavy (non-hydrogen) atoms. The van der Waals surface area contributed by atoms with Crippen LogP contribution >= 0.6 is 0 Å². The lowest BCUT2D eigenvalue weighted by Gasteiger charge is -2.06. The second-order valence-corrected chi connectivity index (χ2v) is 4.84. The molecular formula is C17H25NO4. The number of aryl methyl sites for hydroxylation is 1. The second kappa shape index (κ2) is 10.8. The molecule has 0 saturated heterocycles. The van der Waals surface area contributed by atoms with Gasteiger partial charge in [0.25, 0.3) is 0 Å². The molecule has 0 aromatic heterocycles. The molecule has 122 valence electrons. The number of allylic oxidation sites excluding steroid dienone is 1. The van der Waals surface area contributed by atoms with Gasteiger partial charge < -0.3 is 19.9 Å². The number of benzene rings is 1. The van der Waals surface area contributed by atoms with Gasteiger partial charge in [-0.15, -0.1) is 0 Å². The zero-order valence-corrected chi connectivity index (χ0v) is 13.3. The van der Waals surface area contributed by atoms with Gasteiger partial charge in [-0.1, -0.05) is 24.3 Å². The Hall–Kier alpha value is -1.85. The van der Waals surface area contributed by atoms with Crippen molar-refractivity contribution in [1.82, 2.24) is 5.32 Å². The normalized spacial score (nSPS) is 11.3. The van der Waals surface area contributed by atoms with Crippen LogP contribution in [-0.2, 0) is 15.9 Å². The Morgan fingerprint density at radius 1 is 1.32 bits per heavy atom. The predicted molar refractivity (Wildman–Crippen MR) is 86.5 cm³/mol. The third-order valence-electron chi connectivity index (χ3n) is 2.94. The molecule has 1 aromatic carbocycles. The first-order chi connectivity index (χ1) is 10.7. The summed E-state index contributed by atoms with van der Waals surface area (Å²) in [6.45, 7) is 5.33. The molecule has 2 N–H and O–H groups in total. The highest BCUT2D eigenvalue weighted by molar-refractivity contribution is 5.69. The van der Waals surface area contributed by atoms with Gasteiger partial charge in [0, 0.05) is 19.8 Å². The molecular weight excluding hydrogens is 282 g/mol. The Morgan fingerprint density at radius 3 is 2.68 bits per heavy atom. The number of rotatable bonds is 9. The Labute approximate surface area is 131 Å². The van der Waals surface area contributed by atoms with Crippen LogP contribution in [0.4, 0.5) is 4.79 Å². The van der Waals surface area contributed by atoms with E-state index in [1.807, 2.05) is 19.1 Å². The minimum atomic E-state index is -0.560. The van der Waals surface area contributed by atoms with Crippen molar-refractivity contribution in [3.8, 4) is 0 Å². The van der Waals surface area contributed by atoms with Crippen LogP contribution < -0.4 is 5.32 Å². The molecule has 0 saturated carbocycles. The molecule has 0 aliphatic heterocycles. The average Bonchev–Trinajstić information content (AvgIpc) is 2.51. The third-order valence-corrected chi connectivity index (χ3v) is 2.94. The van der Waals surface area contributed by atoms with E-state index < -0.39 is 6.09 Å². The first kappa shape index (κ1) is 18.2. The minimum absolute atomic E-state index is 0.109. The number of hydrogen-bond donors (Lipinski definition) is 2. The smallest absolute Gasteiger partial charge is 0.412 e. The lowest BCUT2D eigenvalue weighted by Crippen LogP contribution is -2.26. The summed E-state index contributed by atoms with van der Waals surface area (Å²) in [6.07, 6.45) is 3.23. The van der Waals surface area contributed by atoms with Crippen molar-refractivity contribution in [3.63, 3.8) is 0 Å². The van der Waals surface area contributed by atoms with Crippen LogP contribution in [0.15, 0.2) is 30.0 Å². The number of alkyl carbamates (subject to hydrolysis) is 1. The van der Waals surface area contributed by atoms with E-state index in [9.17, 15) is 4.79 Å². The van der Waals surface area contributed by atoms with E-state index >= 15 is 0 Å². The molecule has 1 aromatic rings. The lowest BCUT2D eigenvalue weighted by atomic mass is 10.1. The van der Waals surface area contributed by atoms with E-state index in [-0.39, 0.29) is 13.2 Å². The monoisotopic (exact) mass is 307 g/mol. The molecule has 0 atom stereocenters. The van der Waals surface area contributed by atoms with Crippen LogP contribution in [-0.4, -0.2) is 37.6 Å². The molecule has 5 heteroatoms. The van der Waals surface area contributed by atoms with Gasteiger partial charge >= 0.3 is 6.09 Å². The van der Waals surface area contributed by atoms with Crippen molar-refractivity contribution in [2.75, 3.05) is 26.4 Å². The maximum atomic E-state index is 11.3. The van der Waals surface area contributed by atoms with E-state index in [0.29, 0.717) is 5.76 Å². The molecule has 0 aliphatic carbocycles. The van der Waals surface area contributed by atoms with E-state index in [4.69, 9.17) is 14.6 Å². The van der Waals surface area contributed by atoms with E-state index in [0.717, 1.165) is 31.6 Å². The summed E-state index contributed by atoms with van der Waals surface area (Å²) in [5.41, 5.74) is 2.23. The second-order valence-electron chi connectivity index (χ2n) is 4.84. The molecule has 1 rings (SSSR count). The summed E-state index contributed by atoms with van der Waals surface area (Å²) in [7, 11) is 0. The van der Waals surface area contributed by atoms with Gasteiger partial charge in [0.2, 0.25) is 0 Å². The Kier molecular flexibility index (Phi) is 8.95. The highest BCUT2D eigenvalue weighted by Gasteiger charge is 2.02. The fourth-order valence-electron chi connectivity index (χ4n) is 1.91. The first-order valence-corrected chi connectivity index (χ1v) is 7.57. The van der Waals surface area contributed by atoms with Crippen molar-refractivity contribution in [3.05, 3.63) is 41.2 Å². The molecule has 0 heterocycles. The fourth-order valence-corrected chi connectivity index (χ4v) is 1.91. The highest BCUT2D eigenvalue weighted by Crippen LogP contribution is 2.11. The number of ether oxygens (including phenoxy) is 2. The first-order valence-electron chi connectivity index (χ1n) is 7.57. The average molecular weight is 307 g/mol. The molecule has 0 radical (unpaired) electrons. The van der Waals surface area contributed by atoms with Crippen LogP contribution in [0.3, 0.4) is 0 Å². The molecule has 1 amide bonds. The zero-order chi connectivity index (χ0) is 16.2. The van der Waals surface area contributed by atoms with Gasteiger partial charge in [-0.25, -0.2) is 4.79 Å². The summed E-state index contributed by atoms with van der Waals surface area (Å²) in [4.78, 5) is 11.3. The van der Waals surface area contributed by atoms with Gasteiger partial charge in [-0.05, 0) is 43.9 Å². The zero-order valence-electron chi connectivity index (χ0n) is 13.3. The number of carbonyl (C=O) groups excluding carboxylic acids is 1. The Morgan fingerprint density at radius 2 is 2.05 bits per heavy atom. The standard InChI is InChI=1S/C17H25NO4/c1-3-21-12-4-5-15-6-8-16(9-7-15)13-14(2)22-17(20)18-10-11-19/h6-9,13,19H,3-5,10-12H2,1-2H3,(H,18,20)/b14-13+. The van der Waals surface area contributed by atoms with Gasteiger partial charge in [0.05, 0.1) is 6.61 Å². The maximum Gasteiger partial charge on any atom is 0.412 e. The van der Waals surface area contributed by atoms with Crippen LogP contribution in [0.2, 0.25) is 0 Å². The number of nitrogens with one attached hydrogen (secondary N) is 1. The van der Waals surface area contributed by atoms with Crippen molar-refractivity contribution in [1.29, 1.82) is 0 Å². The van der Waals surface area contributed by atoms with Crippen LogP contribution in [0.25, 0.3) is 6.08 Å². The van der Waals surface area contributed by atoms with Crippen molar-refractivity contribution in [2.45, 2.75) is 26.7 Å². The van der Waals surface area contributed by atoms with Crippen LogP contribution in [0.1, 0.15) is 31.4 Å². The summed E-state index contributed by atoms with van der Waals surface area (Å²) >= 11 is 0. The maximum absolute atomic E-state index is 11.3. The number of hydrogen-bond acceptors (Lipinski definition) is 4. The van der Waals surface area contributed by atoms with Gasteiger partial charge in [-0.3, -0.25) is 0 Å². The summed E-state index contributed by atoms with van der Waals surface area (Å²) < 4.78 is 10.4. The van der Waals surface area contributed by atoms with Crippen molar-refractivity contribution >= 4 is 12.2 Å². The van der Waals surface area contributed by atoms with E-state index in [2.05, 4.69) is 17.4 Å². The number of aliphatic hydroxyl groups is 1. The summed E-state index contributed by atoms with van der Waals surface area (Å²) in [5.74, 6) is 0.500. The van der Waals surface area contributed by atoms with Gasteiger partial charge in [0.15, 0.2) is 0 Å². The van der Waals surface area contributed by atoms with Crippen molar-refractivity contribution < 1.29 is 19.4 Å². The molecule has 0 unspecified atom stereocenters. The minimum Gasteiger partial charge on any atom is -0.415 e. The van der Waals surface area contributed by atoms with Crippen molar-refractivity contribution in [2.24, 2.45) is 0 Å². The largest absolute Gasteiger partial charge is 0.415 e. The Bertz CT molecular complexity index is 468. The quantitative estimate of drug-likeness (QED) is 0.544. The Balaban J connectivity index is 2.44. The topological polar surface area (TPSA) is 67.8 Å². The molecule has 0 fully saturated rings. The number of amides is 1. The predicted octanol–water partition coefficient (Wildman–Crippen LogP) is 2.74. The summed E-state index contributed by atoms with van der Waals surface area (Å²) in [6, 6.07) is 8.12. The number of carbonyl (C=O) groups is 1. The third kappa shape index (κ3) is 7.81. The lowest BCUT2D eigenvalue weighted by molar-refractivity contribution is 0.145. The highest BCUT2D eigenvalue weighted by atomic mass is 16.6. The SMILES string of the molecule is CCOCCCc1ccc(/C=C(\C)OC(=O)NCCO)cc1. The molecule has 0 spiro atoms. The van der Waals surface area contributed by atoms with Gasteiger partial charge in [-0.2, -0.15) is 0 Å². The van der Waals surface area contributed by atoms with Gasteiger partial charge in [0.1, 0.15) is 5.76 Å². The molecule has 0 bridgehead atoms. The fraction of sp³-hybridized carbons (Fsp3) is 0.471. The summed E-state index contributed by atoms with van der Waals surface area (Å²) in [5, 5.41) is 11.0.